The molecule has 5 nitrogen and oxygen atoms in total. The molecule has 6 heteroatoms. The van der Waals surface area contributed by atoms with E-state index in [-0.39, 0.29) is 11.4 Å². The molecule has 18 heavy (non-hydrogen) atoms. The molecule has 1 heterocycles. The molecule has 0 aromatic carbocycles. The number of hydrogen-bond acceptors (Lipinski definition) is 4. The van der Waals surface area contributed by atoms with Gasteiger partial charge in [-0.2, -0.15) is 0 Å². The molecule has 0 bridgehead atoms. The number of nitrogens with one attached hydrogen (secondary N) is 1. The number of rotatable bonds is 6. The van der Waals surface area contributed by atoms with Crippen molar-refractivity contribution >= 4 is 10.0 Å². The van der Waals surface area contributed by atoms with E-state index in [0.29, 0.717) is 12.3 Å². The highest BCUT2D eigenvalue weighted by atomic mass is 32.2. The van der Waals surface area contributed by atoms with Gasteiger partial charge < -0.3 is 5.73 Å². The fourth-order valence-electron chi connectivity index (χ4n) is 1.96. The predicted molar refractivity (Wildman–Crippen MR) is 71.5 cm³/mol. The van der Waals surface area contributed by atoms with Crippen molar-refractivity contribution in [1.29, 1.82) is 0 Å². The van der Waals surface area contributed by atoms with Crippen LogP contribution in [0.5, 0.6) is 0 Å². The minimum Gasteiger partial charge on any atom is -0.329 e. The molecule has 0 spiro atoms. The first-order valence-electron chi connectivity index (χ1n) is 5.93. The molecule has 3 N–H and O–H groups in total. The van der Waals surface area contributed by atoms with Crippen LogP contribution in [0.25, 0.3) is 0 Å². The van der Waals surface area contributed by atoms with Gasteiger partial charge >= 0.3 is 0 Å². The number of sulfonamides is 1. The molecular formula is C12H21N3O2S. The minimum absolute atomic E-state index is 0.161. The van der Waals surface area contributed by atoms with Gasteiger partial charge in [-0.15, -0.1) is 0 Å². The van der Waals surface area contributed by atoms with E-state index in [1.807, 2.05) is 20.8 Å². The Morgan fingerprint density at radius 3 is 2.61 bits per heavy atom. The highest BCUT2D eigenvalue weighted by Crippen LogP contribution is 2.18. The van der Waals surface area contributed by atoms with Crippen molar-refractivity contribution in [2.75, 3.05) is 6.54 Å². The number of aromatic nitrogens is 1. The zero-order valence-electron chi connectivity index (χ0n) is 11.1. The summed E-state index contributed by atoms with van der Waals surface area (Å²) in [5.74, 6) is 0.357. The van der Waals surface area contributed by atoms with Gasteiger partial charge in [0.2, 0.25) is 10.0 Å². The van der Waals surface area contributed by atoms with Crippen LogP contribution in [0.3, 0.4) is 0 Å². The molecule has 1 rings (SSSR count). The molecule has 1 unspecified atom stereocenters. The van der Waals surface area contributed by atoms with Crippen LogP contribution in [-0.2, 0) is 10.0 Å². The molecule has 0 fully saturated rings. The third kappa shape index (κ3) is 4.04. The molecule has 0 amide bonds. The standard InChI is InChI=1S/C12H21N3O2S/c1-10(2)7-12(3,9-13)15-18(16,17)11-5-4-6-14-8-11/h4-6,8,10,15H,7,9,13H2,1-3H3. The Labute approximate surface area is 109 Å². The van der Waals surface area contributed by atoms with Crippen molar-refractivity contribution in [2.24, 2.45) is 11.7 Å². The molecule has 0 aliphatic carbocycles. The summed E-state index contributed by atoms with van der Waals surface area (Å²) in [6, 6.07) is 3.11. The normalized spacial score (nSPS) is 15.6. The Bertz CT molecular complexity index is 473. The maximum Gasteiger partial charge on any atom is 0.242 e. The van der Waals surface area contributed by atoms with E-state index in [4.69, 9.17) is 5.73 Å². The first-order chi connectivity index (χ1) is 8.29. The van der Waals surface area contributed by atoms with E-state index < -0.39 is 15.6 Å². The van der Waals surface area contributed by atoms with Crippen molar-refractivity contribution in [3.05, 3.63) is 24.5 Å². The summed E-state index contributed by atoms with van der Waals surface area (Å²) in [6.07, 6.45) is 3.55. The zero-order valence-corrected chi connectivity index (χ0v) is 11.9. The average molecular weight is 271 g/mol. The molecular weight excluding hydrogens is 250 g/mol. The van der Waals surface area contributed by atoms with Crippen LogP contribution in [0.1, 0.15) is 27.2 Å². The number of nitrogens with zero attached hydrogens (tertiary/aromatic N) is 1. The molecule has 0 radical (unpaired) electrons. The summed E-state index contributed by atoms with van der Waals surface area (Å²) >= 11 is 0. The average Bonchev–Trinajstić information content (AvgIpc) is 2.28. The minimum atomic E-state index is -3.57. The number of nitrogens with two attached hydrogens (primary N) is 1. The molecule has 1 aromatic heterocycles. The second-order valence-corrected chi connectivity index (χ2v) is 6.84. The van der Waals surface area contributed by atoms with Gasteiger partial charge in [0.05, 0.1) is 0 Å². The van der Waals surface area contributed by atoms with Gasteiger partial charge in [-0.1, -0.05) is 13.8 Å². The van der Waals surface area contributed by atoms with E-state index in [1.165, 1.54) is 18.5 Å². The topological polar surface area (TPSA) is 85.1 Å². The molecule has 0 saturated carbocycles. The lowest BCUT2D eigenvalue weighted by atomic mass is 9.92. The van der Waals surface area contributed by atoms with Crippen molar-refractivity contribution in [3.8, 4) is 0 Å². The van der Waals surface area contributed by atoms with Crippen LogP contribution in [0.2, 0.25) is 0 Å². The predicted octanol–water partition coefficient (Wildman–Crippen LogP) is 1.12. The lowest BCUT2D eigenvalue weighted by Crippen LogP contribution is -2.51. The number of pyridine rings is 1. The Morgan fingerprint density at radius 1 is 1.50 bits per heavy atom. The summed E-state index contributed by atoms with van der Waals surface area (Å²) in [4.78, 5) is 3.98. The molecule has 0 aliphatic rings. The van der Waals surface area contributed by atoms with Gasteiger partial charge in [-0.05, 0) is 31.4 Å². The van der Waals surface area contributed by atoms with Crippen LogP contribution in [0.15, 0.2) is 29.4 Å². The van der Waals surface area contributed by atoms with Crippen LogP contribution in [-0.4, -0.2) is 25.5 Å². The largest absolute Gasteiger partial charge is 0.329 e. The third-order valence-corrected chi connectivity index (χ3v) is 4.26. The highest BCUT2D eigenvalue weighted by molar-refractivity contribution is 7.89. The van der Waals surface area contributed by atoms with Gasteiger partial charge in [0.25, 0.3) is 0 Å². The van der Waals surface area contributed by atoms with Gasteiger partial charge in [0.15, 0.2) is 0 Å². The van der Waals surface area contributed by atoms with Crippen LogP contribution < -0.4 is 10.5 Å². The van der Waals surface area contributed by atoms with Crippen molar-refractivity contribution < 1.29 is 8.42 Å². The van der Waals surface area contributed by atoms with Crippen LogP contribution >= 0.6 is 0 Å². The Balaban J connectivity index is 2.94. The third-order valence-electron chi connectivity index (χ3n) is 2.63. The van der Waals surface area contributed by atoms with E-state index in [1.54, 1.807) is 6.07 Å². The molecule has 0 saturated heterocycles. The van der Waals surface area contributed by atoms with Gasteiger partial charge in [0, 0.05) is 24.5 Å². The second kappa shape index (κ2) is 5.77. The smallest absolute Gasteiger partial charge is 0.242 e. The second-order valence-electron chi connectivity index (χ2n) is 5.16. The first-order valence-corrected chi connectivity index (χ1v) is 7.41. The van der Waals surface area contributed by atoms with Gasteiger partial charge in [0.1, 0.15) is 4.90 Å². The van der Waals surface area contributed by atoms with Crippen molar-refractivity contribution in [1.82, 2.24) is 9.71 Å². The molecule has 1 atom stereocenters. The Hall–Kier alpha value is -0.980. The maximum absolute atomic E-state index is 12.2. The van der Waals surface area contributed by atoms with Crippen LogP contribution in [0.4, 0.5) is 0 Å². The maximum atomic E-state index is 12.2. The van der Waals surface area contributed by atoms with Gasteiger partial charge in [-0.3, -0.25) is 4.98 Å². The summed E-state index contributed by atoms with van der Waals surface area (Å²) in [5, 5.41) is 0. The lowest BCUT2D eigenvalue weighted by Gasteiger charge is -2.30. The van der Waals surface area contributed by atoms with E-state index in [0.717, 1.165) is 0 Å². The Kier molecular flexibility index (Phi) is 4.84. The zero-order chi connectivity index (χ0) is 13.8. The van der Waals surface area contributed by atoms with E-state index in [2.05, 4.69) is 9.71 Å². The van der Waals surface area contributed by atoms with Crippen molar-refractivity contribution in [3.63, 3.8) is 0 Å². The molecule has 0 aliphatic heterocycles. The van der Waals surface area contributed by atoms with Gasteiger partial charge in [-0.25, -0.2) is 13.1 Å². The quantitative estimate of drug-likeness (QED) is 0.812. The van der Waals surface area contributed by atoms with E-state index in [9.17, 15) is 8.42 Å². The van der Waals surface area contributed by atoms with E-state index >= 15 is 0 Å². The SMILES string of the molecule is CC(C)CC(C)(CN)NS(=O)(=O)c1cccnc1. The Morgan fingerprint density at radius 2 is 2.17 bits per heavy atom. The fourth-order valence-corrected chi connectivity index (χ4v) is 3.35. The highest BCUT2D eigenvalue weighted by Gasteiger charge is 2.30. The summed E-state index contributed by atoms with van der Waals surface area (Å²) < 4.78 is 27.0. The fraction of sp³-hybridized carbons (Fsp3) is 0.583. The van der Waals surface area contributed by atoms with Crippen LogP contribution in [0, 0.1) is 5.92 Å². The van der Waals surface area contributed by atoms with Crippen molar-refractivity contribution in [2.45, 2.75) is 37.6 Å². The lowest BCUT2D eigenvalue weighted by molar-refractivity contribution is 0.344. The molecule has 1 aromatic rings. The summed E-state index contributed by atoms with van der Waals surface area (Å²) in [5.41, 5.74) is 5.06. The summed E-state index contributed by atoms with van der Waals surface area (Å²) in [6.45, 7) is 6.14. The molecule has 102 valence electrons. The number of hydrogen-bond donors (Lipinski definition) is 2. The summed E-state index contributed by atoms with van der Waals surface area (Å²) in [7, 11) is -3.57. The monoisotopic (exact) mass is 271 g/mol. The first kappa shape index (κ1) is 15.1.